The van der Waals surface area contributed by atoms with Gasteiger partial charge >= 0.3 is 6.01 Å². The molecule has 30 heavy (non-hydrogen) atoms. The minimum atomic E-state index is -0.190. The highest BCUT2D eigenvalue weighted by Crippen LogP contribution is 2.38. The number of fused-ring (bicyclic) bond motifs is 2. The van der Waals surface area contributed by atoms with Gasteiger partial charge in [0.05, 0.1) is 32.1 Å². The lowest BCUT2D eigenvalue weighted by Gasteiger charge is -2.17. The Morgan fingerprint density at radius 2 is 2.03 bits per heavy atom. The summed E-state index contributed by atoms with van der Waals surface area (Å²) in [4.78, 5) is 0. The van der Waals surface area contributed by atoms with Crippen LogP contribution in [0.2, 0.25) is 0 Å². The highest BCUT2D eigenvalue weighted by Gasteiger charge is 2.49. The van der Waals surface area contributed by atoms with Crippen molar-refractivity contribution in [3.05, 3.63) is 42.4 Å². The molecule has 0 radical (unpaired) electrons. The van der Waals surface area contributed by atoms with E-state index in [2.05, 4.69) is 20.8 Å². The number of ether oxygens (including phenoxy) is 5. The third-order valence-electron chi connectivity index (χ3n) is 5.48. The van der Waals surface area contributed by atoms with Gasteiger partial charge in [-0.05, 0) is 34.7 Å². The fourth-order valence-corrected chi connectivity index (χ4v) is 4.02. The largest absolute Gasteiger partial charge is 0.468 e. The quantitative estimate of drug-likeness (QED) is 0.634. The summed E-state index contributed by atoms with van der Waals surface area (Å²) in [6, 6.07) is 9.24. The fraction of sp³-hybridized carbons (Fsp3) is 0.421. The first kappa shape index (κ1) is 17.7. The smallest absolute Gasteiger partial charge is 0.341 e. The molecule has 2 fully saturated rings. The zero-order chi connectivity index (χ0) is 19.9. The summed E-state index contributed by atoms with van der Waals surface area (Å²) < 4.78 is 35.7. The Labute approximate surface area is 170 Å². The number of tetrazole rings is 1. The van der Waals surface area contributed by atoms with Crippen LogP contribution in [0.5, 0.6) is 23.3 Å². The van der Waals surface area contributed by atoms with Gasteiger partial charge in [-0.25, -0.2) is 0 Å². The average molecular weight is 413 g/mol. The summed E-state index contributed by atoms with van der Waals surface area (Å²) in [7, 11) is 0. The molecule has 0 amide bonds. The highest BCUT2D eigenvalue weighted by molar-refractivity contribution is 5.47. The zero-order valence-corrected chi connectivity index (χ0v) is 15.8. The van der Waals surface area contributed by atoms with Crippen LogP contribution in [0.25, 0.3) is 0 Å². The van der Waals surface area contributed by atoms with E-state index < -0.39 is 0 Å². The lowest BCUT2D eigenvalue weighted by molar-refractivity contribution is 0.0611. The number of hydrogen-bond donors (Lipinski definition) is 1. The molecule has 2 saturated heterocycles. The molecule has 0 spiro atoms. The first-order valence-corrected chi connectivity index (χ1v) is 9.69. The Morgan fingerprint density at radius 3 is 2.97 bits per heavy atom. The van der Waals surface area contributed by atoms with Crippen molar-refractivity contribution in [2.75, 3.05) is 20.0 Å². The van der Waals surface area contributed by atoms with Gasteiger partial charge in [0.25, 0.3) is 0 Å². The Hall–Kier alpha value is -3.15. The van der Waals surface area contributed by atoms with Gasteiger partial charge in [0.1, 0.15) is 29.8 Å². The molecule has 1 aromatic carbocycles. The molecule has 11 heteroatoms. The van der Waals surface area contributed by atoms with Crippen LogP contribution in [-0.4, -0.2) is 58.5 Å². The summed E-state index contributed by atoms with van der Waals surface area (Å²) >= 11 is 0. The molecular weight excluding hydrogens is 394 g/mol. The summed E-state index contributed by atoms with van der Waals surface area (Å²) in [5.74, 6) is 2.73. The van der Waals surface area contributed by atoms with Gasteiger partial charge in [-0.15, -0.1) is 0 Å². The van der Waals surface area contributed by atoms with E-state index in [4.69, 9.17) is 28.1 Å². The summed E-state index contributed by atoms with van der Waals surface area (Å²) in [5.41, 5.74) is 0. The topological polar surface area (TPSA) is 115 Å². The van der Waals surface area contributed by atoms with Crippen LogP contribution in [0, 0.1) is 0 Å². The van der Waals surface area contributed by atoms with E-state index >= 15 is 0 Å². The normalized spacial score (nSPS) is 26.8. The number of aromatic nitrogens is 4. The second kappa shape index (κ2) is 7.27. The van der Waals surface area contributed by atoms with Gasteiger partial charge in [0, 0.05) is 6.07 Å². The summed E-state index contributed by atoms with van der Waals surface area (Å²) in [6.45, 7) is 1.77. The molecule has 0 bridgehead atoms. The van der Waals surface area contributed by atoms with Crippen LogP contribution in [0.15, 0.2) is 41.0 Å². The second-order valence-corrected chi connectivity index (χ2v) is 7.25. The van der Waals surface area contributed by atoms with E-state index in [-0.39, 0.29) is 37.1 Å². The molecular formula is C19H19N5O6. The van der Waals surface area contributed by atoms with Crippen molar-refractivity contribution in [2.24, 2.45) is 0 Å². The van der Waals surface area contributed by atoms with Gasteiger partial charge in [-0.3, -0.25) is 0 Å². The molecule has 3 aliphatic rings. The third kappa shape index (κ3) is 3.07. The maximum atomic E-state index is 6.03. The monoisotopic (exact) mass is 413 g/mol. The van der Waals surface area contributed by atoms with Crippen LogP contribution in [-0.2, 0) is 16.0 Å². The third-order valence-corrected chi connectivity index (χ3v) is 5.48. The molecule has 3 aromatic rings. The molecule has 4 atom stereocenters. The fourth-order valence-electron chi connectivity index (χ4n) is 4.02. The van der Waals surface area contributed by atoms with E-state index in [1.54, 1.807) is 29.1 Å². The van der Waals surface area contributed by atoms with Crippen molar-refractivity contribution < 1.29 is 28.1 Å². The minimum Gasteiger partial charge on any atom is -0.468 e. The van der Waals surface area contributed by atoms with Crippen molar-refractivity contribution in [3.8, 4) is 23.3 Å². The number of nitrogens with zero attached hydrogens (tertiary/aromatic N) is 4. The average Bonchev–Trinajstić information content (AvgIpc) is 3.55. The first-order valence-electron chi connectivity index (χ1n) is 9.69. The molecule has 1 N–H and O–H groups in total. The van der Waals surface area contributed by atoms with E-state index in [0.717, 1.165) is 5.76 Å². The van der Waals surface area contributed by atoms with Gasteiger partial charge < -0.3 is 33.4 Å². The Balaban J connectivity index is 1.15. The van der Waals surface area contributed by atoms with E-state index in [0.29, 0.717) is 37.0 Å². The van der Waals surface area contributed by atoms with Gasteiger partial charge in [-0.2, -0.15) is 4.68 Å². The SMILES string of the molecule is c1coc(CN[C@@H]2CO[C@@H]3[C@@H]2OC[C@@H]3n2nnnc2Oc2ccc3c(c2)OCO3)c1. The maximum absolute atomic E-state index is 6.03. The van der Waals surface area contributed by atoms with Crippen LogP contribution in [0.3, 0.4) is 0 Å². The molecule has 11 nitrogen and oxygen atoms in total. The highest BCUT2D eigenvalue weighted by atomic mass is 16.7. The number of hydrogen-bond acceptors (Lipinski definition) is 10. The molecule has 3 aliphatic heterocycles. The molecule has 0 aliphatic carbocycles. The van der Waals surface area contributed by atoms with Crippen LogP contribution >= 0.6 is 0 Å². The Kier molecular flexibility index (Phi) is 4.29. The number of furan rings is 1. The van der Waals surface area contributed by atoms with Gasteiger partial charge in [0.2, 0.25) is 6.79 Å². The Bertz CT molecular complexity index is 1020. The molecule has 0 saturated carbocycles. The van der Waals surface area contributed by atoms with Crippen LogP contribution in [0.4, 0.5) is 0 Å². The molecule has 5 heterocycles. The van der Waals surface area contributed by atoms with E-state index in [9.17, 15) is 0 Å². The van der Waals surface area contributed by atoms with Crippen LogP contribution < -0.4 is 19.5 Å². The predicted molar refractivity (Wildman–Crippen MR) is 98.3 cm³/mol. The predicted octanol–water partition coefficient (Wildman–Crippen LogP) is 1.28. The van der Waals surface area contributed by atoms with Crippen molar-refractivity contribution in [1.29, 1.82) is 0 Å². The van der Waals surface area contributed by atoms with Crippen molar-refractivity contribution in [2.45, 2.75) is 30.8 Å². The van der Waals surface area contributed by atoms with Crippen LogP contribution in [0.1, 0.15) is 11.8 Å². The molecule has 2 aromatic heterocycles. The second-order valence-electron chi connectivity index (χ2n) is 7.25. The minimum absolute atomic E-state index is 0.0554. The molecule has 156 valence electrons. The van der Waals surface area contributed by atoms with E-state index in [1.807, 2.05) is 12.1 Å². The van der Waals surface area contributed by atoms with Crippen molar-refractivity contribution >= 4 is 0 Å². The summed E-state index contributed by atoms with van der Waals surface area (Å²) in [5, 5.41) is 15.4. The van der Waals surface area contributed by atoms with Crippen molar-refractivity contribution in [1.82, 2.24) is 25.5 Å². The zero-order valence-electron chi connectivity index (χ0n) is 15.8. The lowest BCUT2D eigenvalue weighted by atomic mass is 10.1. The Morgan fingerprint density at radius 1 is 1.10 bits per heavy atom. The van der Waals surface area contributed by atoms with Gasteiger partial charge in [0.15, 0.2) is 11.5 Å². The standard InChI is InChI=1S/C19H19N5O6/c1-2-12(25-5-1)7-20-13-8-26-18-14(9-27-17(13)18)24-19(21-22-23-24)30-11-3-4-15-16(6-11)29-10-28-15/h1-6,13-14,17-18,20H,7-10H2/t13-,14+,17-,18+/m1/s1. The molecule has 0 unspecified atom stereocenters. The van der Waals surface area contributed by atoms with Gasteiger partial charge in [-0.1, -0.05) is 5.10 Å². The summed E-state index contributed by atoms with van der Waals surface area (Å²) in [6.07, 6.45) is 1.38. The first-order chi connectivity index (χ1) is 14.8. The number of rotatable bonds is 6. The van der Waals surface area contributed by atoms with E-state index in [1.165, 1.54) is 0 Å². The number of nitrogens with one attached hydrogen (secondary N) is 1. The molecule has 6 rings (SSSR count). The maximum Gasteiger partial charge on any atom is 0.341 e. The number of benzene rings is 1. The van der Waals surface area contributed by atoms with Crippen molar-refractivity contribution in [3.63, 3.8) is 0 Å². The lowest BCUT2D eigenvalue weighted by Crippen LogP contribution is -2.40.